The summed E-state index contributed by atoms with van der Waals surface area (Å²) >= 11 is 0. The highest BCUT2D eigenvalue weighted by Crippen LogP contribution is 2.08. The van der Waals surface area contributed by atoms with Gasteiger partial charge in [-0.15, -0.1) is 0 Å². The van der Waals surface area contributed by atoms with Gasteiger partial charge in [-0.05, 0) is 26.7 Å². The molecule has 0 aliphatic rings. The summed E-state index contributed by atoms with van der Waals surface area (Å²) in [5, 5.41) is 0. The fourth-order valence-electron chi connectivity index (χ4n) is 1.02. The number of nitrogens with two attached hydrogens (primary N) is 1. The summed E-state index contributed by atoms with van der Waals surface area (Å²) in [6.45, 7) is 6.19. The van der Waals surface area contributed by atoms with E-state index in [9.17, 15) is 4.79 Å². The van der Waals surface area contributed by atoms with Crippen molar-refractivity contribution < 1.29 is 4.79 Å². The van der Waals surface area contributed by atoms with Gasteiger partial charge in [-0.3, -0.25) is 9.79 Å². The Morgan fingerprint density at radius 2 is 2.00 bits per heavy atom. The van der Waals surface area contributed by atoms with Crippen molar-refractivity contribution in [1.29, 1.82) is 0 Å². The molecule has 0 unspecified atom stereocenters. The van der Waals surface area contributed by atoms with E-state index in [2.05, 4.69) is 4.99 Å². The molecule has 0 aromatic rings. The first-order chi connectivity index (χ1) is 6.04. The molecule has 0 saturated carbocycles. The molecule has 76 valence electrons. The average Bonchev–Trinajstić information content (AvgIpc) is 2.02. The predicted octanol–water partition coefficient (Wildman–Crippen LogP) is 1.76. The van der Waals surface area contributed by atoms with Crippen molar-refractivity contribution in [3.8, 4) is 0 Å². The van der Waals surface area contributed by atoms with Gasteiger partial charge in [-0.1, -0.05) is 13.3 Å². The molecule has 13 heavy (non-hydrogen) atoms. The normalized spacial score (nSPS) is 14.2. The molecule has 2 N–H and O–H groups in total. The monoisotopic (exact) mass is 184 g/mol. The summed E-state index contributed by atoms with van der Waals surface area (Å²) in [6.07, 6.45) is 3.04. The SMILES string of the molecule is CC(=O)[C@@H](C)CCCCN=C(C)N. The lowest BCUT2D eigenvalue weighted by Gasteiger charge is -2.05. The lowest BCUT2D eigenvalue weighted by molar-refractivity contribution is -0.120. The zero-order valence-corrected chi connectivity index (χ0v) is 8.84. The maximum atomic E-state index is 10.9. The molecule has 3 heteroatoms. The number of rotatable bonds is 6. The van der Waals surface area contributed by atoms with Crippen LogP contribution in [-0.4, -0.2) is 18.2 Å². The Kier molecular flexibility index (Phi) is 6.20. The number of hydrogen-bond donors (Lipinski definition) is 1. The van der Waals surface area contributed by atoms with Gasteiger partial charge in [0.05, 0.1) is 5.84 Å². The highest BCUT2D eigenvalue weighted by atomic mass is 16.1. The van der Waals surface area contributed by atoms with Gasteiger partial charge in [0.1, 0.15) is 5.78 Å². The first-order valence-electron chi connectivity index (χ1n) is 4.81. The van der Waals surface area contributed by atoms with E-state index in [-0.39, 0.29) is 11.7 Å². The van der Waals surface area contributed by atoms with Crippen LogP contribution in [0, 0.1) is 5.92 Å². The molecular weight excluding hydrogens is 164 g/mol. The number of ketones is 1. The van der Waals surface area contributed by atoms with E-state index in [1.165, 1.54) is 0 Å². The minimum absolute atomic E-state index is 0.197. The van der Waals surface area contributed by atoms with Gasteiger partial charge in [0.15, 0.2) is 0 Å². The number of aliphatic imine (C=N–C) groups is 1. The molecule has 1 atom stereocenters. The molecule has 0 aromatic heterocycles. The molecule has 0 aliphatic heterocycles. The Morgan fingerprint density at radius 1 is 1.38 bits per heavy atom. The van der Waals surface area contributed by atoms with Gasteiger partial charge in [0, 0.05) is 12.5 Å². The minimum Gasteiger partial charge on any atom is -0.388 e. The van der Waals surface area contributed by atoms with Crippen LogP contribution in [0.2, 0.25) is 0 Å². The van der Waals surface area contributed by atoms with Crippen LogP contribution in [-0.2, 0) is 4.79 Å². The number of nitrogens with zero attached hydrogens (tertiary/aromatic N) is 1. The van der Waals surface area contributed by atoms with Crippen LogP contribution in [0.5, 0.6) is 0 Å². The zero-order chi connectivity index (χ0) is 10.3. The number of hydrogen-bond acceptors (Lipinski definition) is 2. The topological polar surface area (TPSA) is 55.5 Å². The van der Waals surface area contributed by atoms with Crippen LogP contribution in [0.1, 0.15) is 40.0 Å². The number of unbranched alkanes of at least 4 members (excludes halogenated alkanes) is 1. The van der Waals surface area contributed by atoms with Crippen LogP contribution in [0.3, 0.4) is 0 Å². The molecule has 0 aromatic carbocycles. The van der Waals surface area contributed by atoms with E-state index >= 15 is 0 Å². The first kappa shape index (κ1) is 12.1. The average molecular weight is 184 g/mol. The smallest absolute Gasteiger partial charge is 0.132 e. The maximum absolute atomic E-state index is 10.9. The van der Waals surface area contributed by atoms with Crippen molar-refractivity contribution >= 4 is 11.6 Å². The molecule has 3 nitrogen and oxygen atoms in total. The summed E-state index contributed by atoms with van der Waals surface area (Å²) < 4.78 is 0. The van der Waals surface area contributed by atoms with Crippen molar-refractivity contribution in [1.82, 2.24) is 0 Å². The Labute approximate surface area is 80.4 Å². The predicted molar refractivity (Wildman–Crippen MR) is 55.9 cm³/mol. The van der Waals surface area contributed by atoms with Gasteiger partial charge >= 0.3 is 0 Å². The van der Waals surface area contributed by atoms with Crippen molar-refractivity contribution in [3.63, 3.8) is 0 Å². The van der Waals surface area contributed by atoms with Crippen LogP contribution in [0.4, 0.5) is 0 Å². The zero-order valence-electron chi connectivity index (χ0n) is 8.84. The Morgan fingerprint density at radius 3 is 2.46 bits per heavy atom. The summed E-state index contributed by atoms with van der Waals surface area (Å²) in [5.74, 6) is 1.11. The standard InChI is InChI=1S/C10H20N2O/c1-8(9(2)13)6-4-5-7-12-10(3)11/h8H,4-7H2,1-3H3,(H2,11,12)/t8-/m0/s1. The number of carbonyl (C=O) groups is 1. The van der Waals surface area contributed by atoms with Gasteiger partial charge in [0.2, 0.25) is 0 Å². The third-order valence-electron chi connectivity index (χ3n) is 2.10. The first-order valence-corrected chi connectivity index (χ1v) is 4.81. The fraction of sp³-hybridized carbons (Fsp3) is 0.800. The molecule has 0 amide bonds. The second-order valence-electron chi connectivity index (χ2n) is 3.53. The third-order valence-corrected chi connectivity index (χ3v) is 2.10. The van der Waals surface area contributed by atoms with E-state index in [0.29, 0.717) is 5.84 Å². The fourth-order valence-corrected chi connectivity index (χ4v) is 1.02. The van der Waals surface area contributed by atoms with Gasteiger partial charge in [-0.2, -0.15) is 0 Å². The van der Waals surface area contributed by atoms with Gasteiger partial charge < -0.3 is 5.73 Å². The third kappa shape index (κ3) is 7.50. The van der Waals surface area contributed by atoms with Crippen LogP contribution in [0.25, 0.3) is 0 Å². The summed E-state index contributed by atoms with van der Waals surface area (Å²) in [6, 6.07) is 0. The van der Waals surface area contributed by atoms with Crippen LogP contribution in [0.15, 0.2) is 4.99 Å². The number of Topliss-reactive ketones (excluding diaryl/α,β-unsaturated/α-hetero) is 1. The van der Waals surface area contributed by atoms with E-state index < -0.39 is 0 Å². The molecule has 0 bridgehead atoms. The molecule has 0 rings (SSSR count). The van der Waals surface area contributed by atoms with Crippen molar-refractivity contribution in [2.75, 3.05) is 6.54 Å². The molecule has 0 radical (unpaired) electrons. The second-order valence-corrected chi connectivity index (χ2v) is 3.53. The quantitative estimate of drug-likeness (QED) is 0.388. The summed E-state index contributed by atoms with van der Waals surface area (Å²) in [5.41, 5.74) is 5.38. The van der Waals surface area contributed by atoms with E-state index in [1.54, 1.807) is 13.8 Å². The molecule has 0 fully saturated rings. The van der Waals surface area contributed by atoms with E-state index in [0.717, 1.165) is 25.8 Å². The Balaban J connectivity index is 3.36. The van der Waals surface area contributed by atoms with Gasteiger partial charge in [-0.25, -0.2) is 0 Å². The largest absolute Gasteiger partial charge is 0.388 e. The molecule has 0 saturated heterocycles. The number of carbonyl (C=O) groups excluding carboxylic acids is 1. The van der Waals surface area contributed by atoms with E-state index in [4.69, 9.17) is 5.73 Å². The molecular formula is C10H20N2O. The number of amidine groups is 1. The van der Waals surface area contributed by atoms with E-state index in [1.807, 2.05) is 6.92 Å². The van der Waals surface area contributed by atoms with Gasteiger partial charge in [0.25, 0.3) is 0 Å². The van der Waals surface area contributed by atoms with Crippen LogP contribution < -0.4 is 5.73 Å². The van der Waals surface area contributed by atoms with Crippen molar-refractivity contribution in [3.05, 3.63) is 0 Å². The molecule has 0 spiro atoms. The lowest BCUT2D eigenvalue weighted by Crippen LogP contribution is -2.07. The van der Waals surface area contributed by atoms with Crippen LogP contribution >= 0.6 is 0 Å². The Bertz CT molecular complexity index is 183. The second kappa shape index (κ2) is 6.63. The Hall–Kier alpha value is -0.860. The summed E-state index contributed by atoms with van der Waals surface area (Å²) in [4.78, 5) is 14.9. The highest BCUT2D eigenvalue weighted by molar-refractivity contribution is 5.77. The maximum Gasteiger partial charge on any atom is 0.132 e. The lowest BCUT2D eigenvalue weighted by atomic mass is 10.0. The van der Waals surface area contributed by atoms with Crippen molar-refractivity contribution in [2.24, 2.45) is 16.6 Å². The molecule has 0 heterocycles. The summed E-state index contributed by atoms with van der Waals surface area (Å²) in [7, 11) is 0. The van der Waals surface area contributed by atoms with Crippen molar-refractivity contribution in [2.45, 2.75) is 40.0 Å². The highest BCUT2D eigenvalue weighted by Gasteiger charge is 2.05. The minimum atomic E-state index is 0.197. The molecule has 0 aliphatic carbocycles.